The number of nitrogens with zero attached hydrogens (tertiary/aromatic N) is 1. The number of carbonyl (C=O) groups is 2. The van der Waals surface area contributed by atoms with Gasteiger partial charge in [0.2, 0.25) is 5.91 Å². The fourth-order valence-electron chi connectivity index (χ4n) is 2.10. The molecular formula is C16H16N2O3. The van der Waals surface area contributed by atoms with Crippen molar-refractivity contribution >= 4 is 17.7 Å². The molecule has 1 aromatic heterocycles. The minimum absolute atomic E-state index is 0.0837. The quantitative estimate of drug-likeness (QED) is 0.854. The van der Waals surface area contributed by atoms with Gasteiger partial charge in [-0.1, -0.05) is 36.4 Å². The van der Waals surface area contributed by atoms with Crippen molar-refractivity contribution in [3.63, 3.8) is 0 Å². The Hall–Kier alpha value is -2.69. The molecule has 0 fully saturated rings. The molecule has 2 rings (SSSR count). The second-order valence-corrected chi connectivity index (χ2v) is 4.67. The maximum atomic E-state index is 12.0. The SMILES string of the molecule is O=C(O)C[C@@H](CC(=O)Nc1ccccn1)c1ccccc1. The van der Waals surface area contributed by atoms with Gasteiger partial charge in [0, 0.05) is 18.5 Å². The third-order valence-corrected chi connectivity index (χ3v) is 3.06. The minimum Gasteiger partial charge on any atom is -0.481 e. The number of anilines is 1. The Morgan fingerprint density at radius 1 is 1.05 bits per heavy atom. The van der Waals surface area contributed by atoms with Gasteiger partial charge in [0.05, 0.1) is 6.42 Å². The number of carboxylic acids is 1. The van der Waals surface area contributed by atoms with E-state index in [9.17, 15) is 9.59 Å². The predicted octanol–water partition coefficient (Wildman–Crippen LogP) is 2.67. The van der Waals surface area contributed by atoms with Crippen molar-refractivity contribution < 1.29 is 14.7 Å². The number of aliphatic carboxylic acids is 1. The molecular weight excluding hydrogens is 268 g/mol. The standard InChI is InChI=1S/C16H16N2O3/c19-15(18-14-8-4-5-9-17-14)10-13(11-16(20)21)12-6-2-1-3-7-12/h1-9,13H,10-11H2,(H,20,21)(H,17,18,19)/t13-/m1/s1. The molecule has 5 nitrogen and oxygen atoms in total. The van der Waals surface area contributed by atoms with Crippen molar-refractivity contribution in [1.82, 2.24) is 4.98 Å². The molecule has 1 aromatic carbocycles. The van der Waals surface area contributed by atoms with Gasteiger partial charge < -0.3 is 10.4 Å². The fraction of sp³-hybridized carbons (Fsp3) is 0.188. The number of carboxylic acid groups (broad SMARTS) is 1. The largest absolute Gasteiger partial charge is 0.481 e. The van der Waals surface area contributed by atoms with Gasteiger partial charge in [0.1, 0.15) is 5.82 Å². The first-order valence-corrected chi connectivity index (χ1v) is 6.63. The van der Waals surface area contributed by atoms with Gasteiger partial charge >= 0.3 is 5.97 Å². The third-order valence-electron chi connectivity index (χ3n) is 3.06. The van der Waals surface area contributed by atoms with E-state index < -0.39 is 5.97 Å². The summed E-state index contributed by atoms with van der Waals surface area (Å²) in [4.78, 5) is 27.0. The van der Waals surface area contributed by atoms with Gasteiger partial charge in [0.15, 0.2) is 0 Å². The lowest BCUT2D eigenvalue weighted by Crippen LogP contribution is -2.18. The first-order valence-electron chi connectivity index (χ1n) is 6.63. The van der Waals surface area contributed by atoms with E-state index in [1.807, 2.05) is 30.3 Å². The van der Waals surface area contributed by atoms with Crippen molar-refractivity contribution in [2.45, 2.75) is 18.8 Å². The Morgan fingerprint density at radius 2 is 1.76 bits per heavy atom. The molecule has 108 valence electrons. The highest BCUT2D eigenvalue weighted by atomic mass is 16.4. The second-order valence-electron chi connectivity index (χ2n) is 4.67. The molecule has 1 amide bonds. The van der Waals surface area contributed by atoms with Gasteiger partial charge in [0.25, 0.3) is 0 Å². The Balaban J connectivity index is 2.05. The monoisotopic (exact) mass is 284 g/mol. The van der Waals surface area contributed by atoms with Crippen LogP contribution in [0.2, 0.25) is 0 Å². The molecule has 1 atom stereocenters. The van der Waals surface area contributed by atoms with Crippen LogP contribution in [0, 0.1) is 0 Å². The van der Waals surface area contributed by atoms with E-state index in [2.05, 4.69) is 10.3 Å². The first-order chi connectivity index (χ1) is 10.1. The summed E-state index contributed by atoms with van der Waals surface area (Å²) in [6.45, 7) is 0. The van der Waals surface area contributed by atoms with Crippen molar-refractivity contribution in [3.8, 4) is 0 Å². The van der Waals surface area contributed by atoms with Crippen LogP contribution in [0.3, 0.4) is 0 Å². The normalized spacial score (nSPS) is 11.6. The van der Waals surface area contributed by atoms with Crippen LogP contribution in [0.5, 0.6) is 0 Å². The zero-order valence-electron chi connectivity index (χ0n) is 11.4. The van der Waals surface area contributed by atoms with Gasteiger partial charge in [-0.3, -0.25) is 9.59 Å². The molecule has 0 radical (unpaired) electrons. The number of nitrogens with one attached hydrogen (secondary N) is 1. The number of benzene rings is 1. The zero-order chi connectivity index (χ0) is 15.1. The summed E-state index contributed by atoms with van der Waals surface area (Å²) >= 11 is 0. The molecule has 0 spiro atoms. The average Bonchev–Trinajstić information content (AvgIpc) is 2.48. The number of hydrogen-bond donors (Lipinski definition) is 2. The Kier molecular flexibility index (Phi) is 5.04. The summed E-state index contributed by atoms with van der Waals surface area (Å²) in [5.74, 6) is -1.06. The van der Waals surface area contributed by atoms with E-state index in [0.29, 0.717) is 5.82 Å². The molecule has 0 aliphatic rings. The van der Waals surface area contributed by atoms with Crippen molar-refractivity contribution in [2.24, 2.45) is 0 Å². The first kappa shape index (κ1) is 14.7. The number of carbonyl (C=O) groups excluding carboxylic acids is 1. The summed E-state index contributed by atoms with van der Waals surface area (Å²) in [6.07, 6.45) is 1.61. The molecule has 0 aliphatic heterocycles. The number of amides is 1. The van der Waals surface area contributed by atoms with E-state index in [-0.39, 0.29) is 24.7 Å². The second kappa shape index (κ2) is 7.19. The predicted molar refractivity (Wildman–Crippen MR) is 78.9 cm³/mol. The molecule has 2 aromatic rings. The molecule has 0 aliphatic carbocycles. The van der Waals surface area contributed by atoms with Crippen LogP contribution >= 0.6 is 0 Å². The number of pyridine rings is 1. The van der Waals surface area contributed by atoms with E-state index >= 15 is 0 Å². The molecule has 0 unspecified atom stereocenters. The van der Waals surface area contributed by atoms with E-state index in [0.717, 1.165) is 5.56 Å². The number of hydrogen-bond acceptors (Lipinski definition) is 3. The smallest absolute Gasteiger partial charge is 0.303 e. The van der Waals surface area contributed by atoms with Crippen LogP contribution in [0.1, 0.15) is 24.3 Å². The Labute approximate surface area is 122 Å². The number of aromatic nitrogens is 1. The van der Waals surface area contributed by atoms with Crippen molar-refractivity contribution in [3.05, 3.63) is 60.3 Å². The molecule has 0 bridgehead atoms. The molecule has 1 heterocycles. The van der Waals surface area contributed by atoms with Crippen molar-refractivity contribution in [1.29, 1.82) is 0 Å². The van der Waals surface area contributed by atoms with E-state index in [1.165, 1.54) is 0 Å². The van der Waals surface area contributed by atoms with Gasteiger partial charge in [-0.2, -0.15) is 0 Å². The van der Waals surface area contributed by atoms with Crippen LogP contribution in [-0.2, 0) is 9.59 Å². The van der Waals surface area contributed by atoms with Crippen LogP contribution in [-0.4, -0.2) is 22.0 Å². The maximum absolute atomic E-state index is 12.0. The van der Waals surface area contributed by atoms with Gasteiger partial charge in [-0.15, -0.1) is 0 Å². The lowest BCUT2D eigenvalue weighted by atomic mass is 9.92. The Bertz CT molecular complexity index is 599. The maximum Gasteiger partial charge on any atom is 0.303 e. The van der Waals surface area contributed by atoms with Crippen LogP contribution < -0.4 is 5.32 Å². The topological polar surface area (TPSA) is 79.3 Å². The summed E-state index contributed by atoms with van der Waals surface area (Å²) in [6, 6.07) is 14.4. The third kappa shape index (κ3) is 4.72. The lowest BCUT2D eigenvalue weighted by molar-refractivity contribution is -0.137. The highest BCUT2D eigenvalue weighted by Gasteiger charge is 2.19. The summed E-state index contributed by atoms with van der Waals surface area (Å²) < 4.78 is 0. The highest BCUT2D eigenvalue weighted by molar-refractivity contribution is 5.90. The molecule has 5 heteroatoms. The fourth-order valence-corrected chi connectivity index (χ4v) is 2.10. The van der Waals surface area contributed by atoms with Crippen LogP contribution in [0.4, 0.5) is 5.82 Å². The molecule has 0 saturated carbocycles. The minimum atomic E-state index is -0.922. The number of rotatable bonds is 6. The zero-order valence-corrected chi connectivity index (χ0v) is 11.4. The summed E-state index contributed by atoms with van der Waals surface area (Å²) in [5, 5.41) is 11.7. The Morgan fingerprint density at radius 3 is 2.38 bits per heavy atom. The molecule has 21 heavy (non-hydrogen) atoms. The summed E-state index contributed by atoms with van der Waals surface area (Å²) in [5.41, 5.74) is 0.844. The van der Waals surface area contributed by atoms with Crippen molar-refractivity contribution in [2.75, 3.05) is 5.32 Å². The molecule has 0 saturated heterocycles. The van der Waals surface area contributed by atoms with E-state index in [4.69, 9.17) is 5.11 Å². The average molecular weight is 284 g/mol. The summed E-state index contributed by atoms with van der Waals surface area (Å²) in [7, 11) is 0. The molecule has 2 N–H and O–H groups in total. The van der Waals surface area contributed by atoms with Gasteiger partial charge in [-0.25, -0.2) is 4.98 Å². The lowest BCUT2D eigenvalue weighted by Gasteiger charge is -2.15. The van der Waals surface area contributed by atoms with E-state index in [1.54, 1.807) is 24.4 Å². The van der Waals surface area contributed by atoms with Gasteiger partial charge in [-0.05, 0) is 17.7 Å². The van der Waals surface area contributed by atoms with Crippen LogP contribution in [0.25, 0.3) is 0 Å². The highest BCUT2D eigenvalue weighted by Crippen LogP contribution is 2.23. The van der Waals surface area contributed by atoms with Crippen LogP contribution in [0.15, 0.2) is 54.7 Å².